The van der Waals surface area contributed by atoms with Gasteiger partial charge in [0, 0.05) is 12.1 Å². The molecule has 104 valence electrons. The Morgan fingerprint density at radius 2 is 2.11 bits per heavy atom. The zero-order valence-electron chi connectivity index (χ0n) is 11.9. The third-order valence-corrected chi connectivity index (χ3v) is 2.35. The molecule has 4 nitrogen and oxygen atoms in total. The Hall–Kier alpha value is -1.97. The van der Waals surface area contributed by atoms with E-state index in [2.05, 4.69) is 5.32 Å². The van der Waals surface area contributed by atoms with Gasteiger partial charge < -0.3 is 14.8 Å². The number of hydrogen-bond acceptors (Lipinski definition) is 3. The molecule has 0 aliphatic carbocycles. The summed E-state index contributed by atoms with van der Waals surface area (Å²) in [6, 6.07) is 5.69. The van der Waals surface area contributed by atoms with E-state index in [4.69, 9.17) is 9.47 Å². The third-order valence-electron chi connectivity index (χ3n) is 2.35. The smallest absolute Gasteiger partial charge is 0.244 e. The molecule has 1 N–H and O–H groups in total. The predicted molar refractivity (Wildman–Crippen MR) is 76.5 cm³/mol. The summed E-state index contributed by atoms with van der Waals surface area (Å²) in [6.07, 6.45) is 3.26. The maximum Gasteiger partial charge on any atom is 0.244 e. The fourth-order valence-electron chi connectivity index (χ4n) is 1.57. The molecule has 1 aromatic rings. The van der Waals surface area contributed by atoms with Gasteiger partial charge in [-0.1, -0.05) is 6.07 Å². The average molecular weight is 263 g/mol. The summed E-state index contributed by atoms with van der Waals surface area (Å²) < 4.78 is 10.7. The summed E-state index contributed by atoms with van der Waals surface area (Å²) >= 11 is 0. The molecule has 0 fully saturated rings. The zero-order valence-corrected chi connectivity index (χ0v) is 11.9. The highest BCUT2D eigenvalue weighted by molar-refractivity contribution is 5.91. The van der Waals surface area contributed by atoms with E-state index in [-0.39, 0.29) is 11.9 Å². The van der Waals surface area contributed by atoms with E-state index in [9.17, 15) is 4.79 Å². The first-order valence-corrected chi connectivity index (χ1v) is 6.36. The zero-order chi connectivity index (χ0) is 14.3. The van der Waals surface area contributed by atoms with Crippen LogP contribution in [0.5, 0.6) is 11.5 Å². The van der Waals surface area contributed by atoms with Crippen LogP contribution in [0, 0.1) is 0 Å². The first kappa shape index (κ1) is 15.1. The van der Waals surface area contributed by atoms with Gasteiger partial charge in [0.1, 0.15) is 0 Å². The second-order valence-electron chi connectivity index (χ2n) is 4.34. The van der Waals surface area contributed by atoms with Gasteiger partial charge in [-0.05, 0) is 44.5 Å². The van der Waals surface area contributed by atoms with Crippen molar-refractivity contribution < 1.29 is 14.3 Å². The Morgan fingerprint density at radius 1 is 1.37 bits per heavy atom. The van der Waals surface area contributed by atoms with E-state index in [0.717, 1.165) is 5.56 Å². The van der Waals surface area contributed by atoms with Gasteiger partial charge >= 0.3 is 0 Å². The van der Waals surface area contributed by atoms with Crippen LogP contribution in [-0.4, -0.2) is 25.7 Å². The van der Waals surface area contributed by atoms with Gasteiger partial charge in [0.05, 0.1) is 13.7 Å². The first-order valence-electron chi connectivity index (χ1n) is 6.36. The Labute approximate surface area is 114 Å². The third kappa shape index (κ3) is 5.04. The number of nitrogens with one attached hydrogen (secondary N) is 1. The maximum absolute atomic E-state index is 11.5. The molecule has 0 aromatic heterocycles. The Balaban J connectivity index is 2.79. The molecule has 1 rings (SSSR count). The van der Waals surface area contributed by atoms with Gasteiger partial charge in [-0.25, -0.2) is 0 Å². The molecule has 19 heavy (non-hydrogen) atoms. The van der Waals surface area contributed by atoms with Crippen molar-refractivity contribution >= 4 is 12.0 Å². The minimum Gasteiger partial charge on any atom is -0.493 e. The minimum absolute atomic E-state index is 0.108. The molecule has 4 heteroatoms. The minimum atomic E-state index is -0.108. The van der Waals surface area contributed by atoms with Crippen LogP contribution >= 0.6 is 0 Å². The number of ether oxygens (including phenoxy) is 2. The molecule has 0 aliphatic rings. The number of methoxy groups -OCH3 is 1. The molecule has 0 atom stereocenters. The highest BCUT2D eigenvalue weighted by Gasteiger charge is 2.04. The summed E-state index contributed by atoms with van der Waals surface area (Å²) in [6.45, 7) is 6.35. The molecule has 0 saturated heterocycles. The van der Waals surface area contributed by atoms with E-state index in [1.54, 1.807) is 13.2 Å². The van der Waals surface area contributed by atoms with Gasteiger partial charge in [-0.3, -0.25) is 4.79 Å². The second-order valence-corrected chi connectivity index (χ2v) is 4.34. The average Bonchev–Trinajstić information content (AvgIpc) is 2.37. The van der Waals surface area contributed by atoms with Crippen molar-refractivity contribution in [1.29, 1.82) is 0 Å². The highest BCUT2D eigenvalue weighted by Crippen LogP contribution is 2.28. The largest absolute Gasteiger partial charge is 0.493 e. The normalized spacial score (nSPS) is 10.8. The number of hydrogen-bond donors (Lipinski definition) is 1. The van der Waals surface area contributed by atoms with Crippen LogP contribution in [0.1, 0.15) is 26.3 Å². The molecule has 0 aliphatic heterocycles. The number of carbonyl (C=O) groups excluding carboxylic acids is 1. The second kappa shape index (κ2) is 7.46. The van der Waals surface area contributed by atoms with E-state index < -0.39 is 0 Å². The molecule has 0 unspecified atom stereocenters. The molecular formula is C15H21NO3. The molecule has 0 saturated carbocycles. The van der Waals surface area contributed by atoms with Crippen LogP contribution in [-0.2, 0) is 4.79 Å². The van der Waals surface area contributed by atoms with Crippen LogP contribution in [0.4, 0.5) is 0 Å². The van der Waals surface area contributed by atoms with Crippen LogP contribution < -0.4 is 14.8 Å². The molecule has 0 heterocycles. The van der Waals surface area contributed by atoms with Gasteiger partial charge in [-0.2, -0.15) is 0 Å². The van der Waals surface area contributed by atoms with Crippen LogP contribution in [0.15, 0.2) is 24.3 Å². The number of amides is 1. The lowest BCUT2D eigenvalue weighted by atomic mass is 10.2. The van der Waals surface area contributed by atoms with Crippen LogP contribution in [0.25, 0.3) is 6.08 Å². The van der Waals surface area contributed by atoms with Crippen LogP contribution in [0.2, 0.25) is 0 Å². The van der Waals surface area contributed by atoms with Gasteiger partial charge in [0.25, 0.3) is 0 Å². The van der Waals surface area contributed by atoms with Crippen molar-refractivity contribution in [2.45, 2.75) is 26.8 Å². The van der Waals surface area contributed by atoms with E-state index in [0.29, 0.717) is 18.1 Å². The van der Waals surface area contributed by atoms with Crippen LogP contribution in [0.3, 0.4) is 0 Å². The molecule has 0 bridgehead atoms. The predicted octanol–water partition coefficient (Wildman–Crippen LogP) is 2.63. The lowest BCUT2D eigenvalue weighted by Crippen LogP contribution is -2.28. The summed E-state index contributed by atoms with van der Waals surface area (Å²) in [7, 11) is 1.59. The fourth-order valence-corrected chi connectivity index (χ4v) is 1.57. The maximum atomic E-state index is 11.5. The Bertz CT molecular complexity index is 453. The quantitative estimate of drug-likeness (QED) is 0.803. The molecule has 1 amide bonds. The van der Waals surface area contributed by atoms with Gasteiger partial charge in [0.2, 0.25) is 5.91 Å². The SMILES string of the molecule is CCOc1ccc(C=CC(=O)NC(C)C)cc1OC. The first-order chi connectivity index (χ1) is 9.06. The van der Waals surface area contributed by atoms with E-state index in [1.165, 1.54) is 6.08 Å². The molecular weight excluding hydrogens is 242 g/mol. The number of benzene rings is 1. The monoisotopic (exact) mass is 263 g/mol. The van der Waals surface area contributed by atoms with Crippen molar-refractivity contribution in [2.75, 3.05) is 13.7 Å². The van der Waals surface area contributed by atoms with Gasteiger partial charge in [-0.15, -0.1) is 0 Å². The van der Waals surface area contributed by atoms with Gasteiger partial charge in [0.15, 0.2) is 11.5 Å². The van der Waals surface area contributed by atoms with Crippen molar-refractivity contribution in [1.82, 2.24) is 5.32 Å². The summed E-state index contributed by atoms with van der Waals surface area (Å²) in [5.41, 5.74) is 0.888. The molecule has 0 spiro atoms. The lowest BCUT2D eigenvalue weighted by Gasteiger charge is -2.09. The van der Waals surface area contributed by atoms with E-state index in [1.807, 2.05) is 39.0 Å². The Kier molecular flexibility index (Phi) is 5.93. The summed E-state index contributed by atoms with van der Waals surface area (Å²) in [4.78, 5) is 11.5. The lowest BCUT2D eigenvalue weighted by molar-refractivity contribution is -0.116. The molecule has 1 aromatic carbocycles. The molecule has 0 radical (unpaired) electrons. The summed E-state index contributed by atoms with van der Waals surface area (Å²) in [5.74, 6) is 1.25. The fraction of sp³-hybridized carbons (Fsp3) is 0.400. The van der Waals surface area contributed by atoms with Crippen molar-refractivity contribution in [3.8, 4) is 11.5 Å². The number of rotatable bonds is 6. The topological polar surface area (TPSA) is 47.6 Å². The standard InChI is InChI=1S/C15H21NO3/c1-5-19-13-8-6-12(10-14(13)18-4)7-9-15(17)16-11(2)3/h6-11H,5H2,1-4H3,(H,16,17). The van der Waals surface area contributed by atoms with E-state index >= 15 is 0 Å². The highest BCUT2D eigenvalue weighted by atomic mass is 16.5. The summed E-state index contributed by atoms with van der Waals surface area (Å²) in [5, 5.41) is 2.79. The Morgan fingerprint density at radius 3 is 2.68 bits per heavy atom. The van der Waals surface area contributed by atoms with Crippen molar-refractivity contribution in [3.63, 3.8) is 0 Å². The van der Waals surface area contributed by atoms with Crippen molar-refractivity contribution in [2.24, 2.45) is 0 Å². The number of carbonyl (C=O) groups is 1. The van der Waals surface area contributed by atoms with Crippen molar-refractivity contribution in [3.05, 3.63) is 29.8 Å².